The fourth-order valence-electron chi connectivity index (χ4n) is 2.06. The van der Waals surface area contributed by atoms with Gasteiger partial charge in [-0.3, -0.25) is 4.79 Å². The van der Waals surface area contributed by atoms with Crippen molar-refractivity contribution in [3.05, 3.63) is 33.8 Å². The van der Waals surface area contributed by atoms with Crippen LogP contribution in [0.15, 0.2) is 16.6 Å². The summed E-state index contributed by atoms with van der Waals surface area (Å²) in [6.45, 7) is 3.08. The van der Waals surface area contributed by atoms with Crippen LogP contribution >= 0.6 is 15.9 Å². The second kappa shape index (κ2) is 5.99. The molecule has 0 atom stereocenters. The fraction of sp³-hybridized carbons (Fsp3) is 0.500. The van der Waals surface area contributed by atoms with Gasteiger partial charge in [0.05, 0.1) is 0 Å². The summed E-state index contributed by atoms with van der Waals surface area (Å²) in [6.07, 6.45) is 2.97. The van der Waals surface area contributed by atoms with Gasteiger partial charge in [0.1, 0.15) is 17.2 Å². The minimum atomic E-state index is -0.811. The van der Waals surface area contributed by atoms with Gasteiger partial charge in [-0.1, -0.05) is 22.9 Å². The van der Waals surface area contributed by atoms with Gasteiger partial charge in [-0.25, -0.2) is 8.78 Å². The van der Waals surface area contributed by atoms with Gasteiger partial charge in [-0.2, -0.15) is 0 Å². The molecule has 104 valence electrons. The zero-order valence-corrected chi connectivity index (χ0v) is 12.3. The molecule has 1 aliphatic rings. The number of halogens is 3. The van der Waals surface area contributed by atoms with Crippen molar-refractivity contribution in [1.82, 2.24) is 4.90 Å². The van der Waals surface area contributed by atoms with E-state index in [9.17, 15) is 13.6 Å². The third kappa shape index (κ3) is 3.53. The Morgan fingerprint density at radius 3 is 2.42 bits per heavy atom. The summed E-state index contributed by atoms with van der Waals surface area (Å²) in [5.41, 5.74) is -0.447. The molecule has 19 heavy (non-hydrogen) atoms. The summed E-state index contributed by atoms with van der Waals surface area (Å²) in [5.74, 6) is -1.67. The van der Waals surface area contributed by atoms with Crippen LogP contribution in [-0.2, 0) is 0 Å². The summed E-state index contributed by atoms with van der Waals surface area (Å²) in [4.78, 5) is 13.8. The molecule has 0 bridgehead atoms. The van der Waals surface area contributed by atoms with Crippen LogP contribution in [0.3, 0.4) is 0 Å². The quantitative estimate of drug-likeness (QED) is 0.798. The molecule has 1 fully saturated rings. The number of hydrogen-bond donors (Lipinski definition) is 0. The van der Waals surface area contributed by atoms with Crippen molar-refractivity contribution in [2.24, 2.45) is 5.92 Å². The molecule has 0 aliphatic heterocycles. The first kappa shape index (κ1) is 14.4. The lowest BCUT2D eigenvalue weighted by molar-refractivity contribution is 0.0738. The Hall–Kier alpha value is -0.970. The smallest absolute Gasteiger partial charge is 0.259 e. The van der Waals surface area contributed by atoms with Crippen molar-refractivity contribution in [2.45, 2.75) is 26.2 Å². The van der Waals surface area contributed by atoms with Crippen molar-refractivity contribution >= 4 is 21.8 Å². The van der Waals surface area contributed by atoms with E-state index in [1.54, 1.807) is 4.90 Å². The first-order chi connectivity index (χ1) is 9.02. The SMILES string of the molecule is CCCN(CC1CC1)C(=O)c1c(F)cc(Br)cc1F. The molecule has 0 saturated heterocycles. The largest absolute Gasteiger partial charge is 0.338 e. The molecule has 5 heteroatoms. The molecule has 0 unspecified atom stereocenters. The predicted molar refractivity (Wildman–Crippen MR) is 73.0 cm³/mol. The zero-order valence-electron chi connectivity index (χ0n) is 10.8. The number of hydrogen-bond acceptors (Lipinski definition) is 1. The van der Waals surface area contributed by atoms with Crippen LogP contribution in [0.4, 0.5) is 8.78 Å². The third-order valence-corrected chi connectivity index (χ3v) is 3.63. The summed E-state index contributed by atoms with van der Waals surface area (Å²) in [5, 5.41) is 0. The Morgan fingerprint density at radius 2 is 1.95 bits per heavy atom. The summed E-state index contributed by atoms with van der Waals surface area (Å²) >= 11 is 3.01. The van der Waals surface area contributed by atoms with Crippen LogP contribution in [0.25, 0.3) is 0 Å². The Bertz CT molecular complexity index is 465. The highest BCUT2D eigenvalue weighted by Crippen LogP contribution is 2.30. The van der Waals surface area contributed by atoms with Crippen LogP contribution in [0, 0.1) is 17.6 Å². The maximum absolute atomic E-state index is 13.8. The standard InChI is InChI=1S/C14H16BrF2NO/c1-2-5-18(8-9-3-4-9)14(19)13-11(16)6-10(15)7-12(13)17/h6-7,9H,2-5,8H2,1H3. The normalized spacial score (nSPS) is 14.5. The van der Waals surface area contributed by atoms with Crippen molar-refractivity contribution in [1.29, 1.82) is 0 Å². The van der Waals surface area contributed by atoms with Gasteiger partial charge < -0.3 is 4.90 Å². The maximum Gasteiger partial charge on any atom is 0.259 e. The van der Waals surface area contributed by atoms with Crippen LogP contribution in [0.5, 0.6) is 0 Å². The third-order valence-electron chi connectivity index (χ3n) is 3.18. The minimum Gasteiger partial charge on any atom is -0.338 e. The fourth-order valence-corrected chi connectivity index (χ4v) is 2.46. The van der Waals surface area contributed by atoms with Gasteiger partial charge in [0.2, 0.25) is 0 Å². The second-order valence-corrected chi connectivity index (χ2v) is 5.85. The van der Waals surface area contributed by atoms with E-state index in [0.29, 0.717) is 23.5 Å². The number of carbonyl (C=O) groups excluding carboxylic acids is 1. The lowest BCUT2D eigenvalue weighted by Gasteiger charge is -2.22. The molecule has 1 aromatic rings. The maximum atomic E-state index is 13.8. The molecular formula is C14H16BrF2NO. The molecule has 0 heterocycles. The molecule has 0 N–H and O–H groups in total. The summed E-state index contributed by atoms with van der Waals surface area (Å²) in [6, 6.07) is 2.25. The van der Waals surface area contributed by atoms with E-state index in [-0.39, 0.29) is 0 Å². The van der Waals surface area contributed by atoms with Crippen LogP contribution in [0.1, 0.15) is 36.5 Å². The van der Waals surface area contributed by atoms with E-state index >= 15 is 0 Å². The second-order valence-electron chi connectivity index (χ2n) is 4.94. The number of amides is 1. The van der Waals surface area contributed by atoms with E-state index in [4.69, 9.17) is 0 Å². The number of benzene rings is 1. The van der Waals surface area contributed by atoms with E-state index in [1.165, 1.54) is 0 Å². The van der Waals surface area contributed by atoms with Gasteiger partial charge in [0, 0.05) is 17.6 Å². The van der Waals surface area contributed by atoms with Gasteiger partial charge >= 0.3 is 0 Å². The van der Waals surface area contributed by atoms with E-state index in [0.717, 1.165) is 31.4 Å². The predicted octanol–water partition coefficient (Wildman–Crippen LogP) is 3.99. The topological polar surface area (TPSA) is 20.3 Å². The van der Waals surface area contributed by atoms with Crippen LogP contribution in [-0.4, -0.2) is 23.9 Å². The van der Waals surface area contributed by atoms with Crippen LogP contribution < -0.4 is 0 Å². The molecule has 0 spiro atoms. The van der Waals surface area contributed by atoms with Crippen molar-refractivity contribution < 1.29 is 13.6 Å². The van der Waals surface area contributed by atoms with E-state index in [2.05, 4.69) is 15.9 Å². The minimum absolute atomic E-state index is 0.295. The molecule has 1 aromatic carbocycles. The molecule has 0 radical (unpaired) electrons. The molecule has 1 amide bonds. The molecule has 2 nitrogen and oxygen atoms in total. The monoisotopic (exact) mass is 331 g/mol. The Balaban J connectivity index is 2.24. The highest BCUT2D eigenvalue weighted by Gasteiger charge is 2.29. The van der Waals surface area contributed by atoms with Crippen molar-refractivity contribution in [2.75, 3.05) is 13.1 Å². The summed E-state index contributed by atoms with van der Waals surface area (Å²) < 4.78 is 27.9. The van der Waals surface area contributed by atoms with E-state index < -0.39 is 23.1 Å². The van der Waals surface area contributed by atoms with Crippen molar-refractivity contribution in [3.8, 4) is 0 Å². The first-order valence-electron chi connectivity index (χ1n) is 6.46. The highest BCUT2D eigenvalue weighted by molar-refractivity contribution is 9.10. The summed E-state index contributed by atoms with van der Waals surface area (Å²) in [7, 11) is 0. The average Bonchev–Trinajstić information content (AvgIpc) is 3.10. The van der Waals surface area contributed by atoms with Crippen molar-refractivity contribution in [3.63, 3.8) is 0 Å². The Morgan fingerprint density at radius 1 is 1.37 bits per heavy atom. The zero-order chi connectivity index (χ0) is 14.0. The molecular weight excluding hydrogens is 316 g/mol. The molecule has 2 rings (SSSR count). The molecule has 1 saturated carbocycles. The highest BCUT2D eigenvalue weighted by atomic mass is 79.9. The average molecular weight is 332 g/mol. The van der Waals surface area contributed by atoms with Crippen LogP contribution in [0.2, 0.25) is 0 Å². The molecule has 0 aromatic heterocycles. The number of carbonyl (C=O) groups is 1. The van der Waals surface area contributed by atoms with Gasteiger partial charge in [0.25, 0.3) is 5.91 Å². The molecule has 1 aliphatic carbocycles. The Labute approximate surface area is 119 Å². The lowest BCUT2D eigenvalue weighted by Crippen LogP contribution is -2.34. The van der Waals surface area contributed by atoms with Gasteiger partial charge in [-0.05, 0) is 37.3 Å². The number of nitrogens with zero attached hydrogens (tertiary/aromatic N) is 1. The van der Waals surface area contributed by atoms with Gasteiger partial charge in [-0.15, -0.1) is 0 Å². The van der Waals surface area contributed by atoms with Gasteiger partial charge in [0.15, 0.2) is 0 Å². The van der Waals surface area contributed by atoms with E-state index in [1.807, 2.05) is 6.92 Å². The first-order valence-corrected chi connectivity index (χ1v) is 7.26. The number of rotatable bonds is 5. The lowest BCUT2D eigenvalue weighted by atomic mass is 10.1. The Kier molecular flexibility index (Phi) is 4.55.